The predicted octanol–water partition coefficient (Wildman–Crippen LogP) is 3.26. The van der Waals surface area contributed by atoms with E-state index in [4.69, 9.17) is 21.1 Å². The highest BCUT2D eigenvalue weighted by atomic mass is 35.5. The van der Waals surface area contributed by atoms with Crippen LogP contribution in [-0.2, 0) is 4.74 Å². The van der Waals surface area contributed by atoms with Crippen molar-refractivity contribution < 1.29 is 14.6 Å². The summed E-state index contributed by atoms with van der Waals surface area (Å²) in [6.07, 6.45) is 1.80. The number of rotatable bonds is 8. The van der Waals surface area contributed by atoms with Crippen molar-refractivity contribution in [3.63, 3.8) is 0 Å². The molecule has 1 fully saturated rings. The molecule has 0 aliphatic carbocycles. The molecule has 1 unspecified atom stereocenters. The zero-order chi connectivity index (χ0) is 16.7. The topological polar surface area (TPSA) is 50.7 Å². The molecule has 5 heteroatoms. The molecular weight excluding hydrogens is 314 g/mol. The first kappa shape index (κ1) is 18.3. The summed E-state index contributed by atoms with van der Waals surface area (Å²) in [5, 5.41) is 13.8. The van der Waals surface area contributed by atoms with Gasteiger partial charge in [0.15, 0.2) is 0 Å². The molecular formula is C18H26ClNO3. The second kappa shape index (κ2) is 8.69. The molecule has 1 aliphatic rings. The SMILES string of the molecule is C=C(Cl)COc1ccc(C(C)NCC2(CO)CCOCC2)cc1. The maximum Gasteiger partial charge on any atom is 0.123 e. The molecule has 1 heterocycles. The standard InChI is InChI=1S/C18H26ClNO3/c1-14(19)11-23-17-5-3-16(4-6-17)15(2)20-12-18(13-21)7-9-22-10-8-18/h3-6,15,20-21H,1,7-13H2,2H3. The van der Waals surface area contributed by atoms with Crippen LogP contribution in [0.5, 0.6) is 5.75 Å². The van der Waals surface area contributed by atoms with E-state index in [1.807, 2.05) is 24.3 Å². The number of aliphatic hydroxyl groups is 1. The third kappa shape index (κ3) is 5.50. The Labute approximate surface area is 143 Å². The Kier molecular flexibility index (Phi) is 6.90. The molecule has 1 saturated heterocycles. The Hall–Kier alpha value is -1.07. The van der Waals surface area contributed by atoms with Crippen molar-refractivity contribution in [1.29, 1.82) is 0 Å². The first-order valence-electron chi connectivity index (χ1n) is 8.03. The van der Waals surface area contributed by atoms with Gasteiger partial charge in [0.25, 0.3) is 0 Å². The molecule has 2 N–H and O–H groups in total. The van der Waals surface area contributed by atoms with Crippen molar-refractivity contribution in [3.8, 4) is 5.75 Å². The number of benzene rings is 1. The van der Waals surface area contributed by atoms with Gasteiger partial charge in [-0.3, -0.25) is 0 Å². The molecule has 1 atom stereocenters. The van der Waals surface area contributed by atoms with E-state index >= 15 is 0 Å². The predicted molar refractivity (Wildman–Crippen MR) is 92.9 cm³/mol. The van der Waals surface area contributed by atoms with Gasteiger partial charge in [0.05, 0.1) is 6.61 Å². The van der Waals surface area contributed by atoms with Gasteiger partial charge < -0.3 is 19.9 Å². The van der Waals surface area contributed by atoms with E-state index in [0.29, 0.717) is 11.6 Å². The zero-order valence-corrected chi connectivity index (χ0v) is 14.4. The minimum absolute atomic E-state index is 0.0593. The summed E-state index contributed by atoms with van der Waals surface area (Å²) in [5.41, 5.74) is 1.12. The number of ether oxygens (including phenoxy) is 2. The molecule has 0 aromatic heterocycles. The Morgan fingerprint density at radius 1 is 1.39 bits per heavy atom. The Morgan fingerprint density at radius 3 is 2.61 bits per heavy atom. The van der Waals surface area contributed by atoms with Crippen LogP contribution < -0.4 is 10.1 Å². The highest BCUT2D eigenvalue weighted by Crippen LogP contribution is 2.30. The second-order valence-corrected chi connectivity index (χ2v) is 6.78. The summed E-state index contributed by atoms with van der Waals surface area (Å²) < 4.78 is 10.9. The number of nitrogens with one attached hydrogen (secondary N) is 1. The van der Waals surface area contributed by atoms with Crippen LogP contribution in [0.15, 0.2) is 35.9 Å². The Balaban J connectivity index is 1.87. The van der Waals surface area contributed by atoms with Crippen molar-refractivity contribution in [3.05, 3.63) is 41.4 Å². The minimum Gasteiger partial charge on any atom is -0.488 e. The average molecular weight is 340 g/mol. The van der Waals surface area contributed by atoms with Crippen LogP contribution in [0.2, 0.25) is 0 Å². The van der Waals surface area contributed by atoms with Crippen molar-refractivity contribution in [2.45, 2.75) is 25.8 Å². The van der Waals surface area contributed by atoms with Crippen LogP contribution in [0.3, 0.4) is 0 Å². The summed E-state index contributed by atoms with van der Waals surface area (Å²) in [7, 11) is 0. The van der Waals surface area contributed by atoms with Crippen molar-refractivity contribution >= 4 is 11.6 Å². The monoisotopic (exact) mass is 339 g/mol. The molecule has 1 aromatic carbocycles. The van der Waals surface area contributed by atoms with Crippen LogP contribution in [0.25, 0.3) is 0 Å². The first-order valence-corrected chi connectivity index (χ1v) is 8.40. The molecule has 0 saturated carbocycles. The number of aliphatic hydroxyl groups excluding tert-OH is 1. The molecule has 1 aromatic rings. The lowest BCUT2D eigenvalue weighted by Gasteiger charge is -2.36. The van der Waals surface area contributed by atoms with Crippen LogP contribution in [0, 0.1) is 5.41 Å². The maximum atomic E-state index is 9.74. The lowest BCUT2D eigenvalue weighted by molar-refractivity contribution is -0.0163. The largest absolute Gasteiger partial charge is 0.488 e. The van der Waals surface area contributed by atoms with Crippen molar-refractivity contribution in [2.75, 3.05) is 33.0 Å². The summed E-state index contributed by atoms with van der Waals surface area (Å²) in [6.45, 7) is 8.49. The highest BCUT2D eigenvalue weighted by Gasteiger charge is 2.32. The smallest absolute Gasteiger partial charge is 0.123 e. The van der Waals surface area contributed by atoms with Crippen LogP contribution >= 0.6 is 11.6 Å². The zero-order valence-electron chi connectivity index (χ0n) is 13.7. The molecule has 2 rings (SSSR count). The first-order chi connectivity index (χ1) is 11.0. The van der Waals surface area contributed by atoms with Gasteiger partial charge in [0, 0.05) is 36.2 Å². The highest BCUT2D eigenvalue weighted by molar-refractivity contribution is 6.29. The molecule has 1 aliphatic heterocycles. The fourth-order valence-electron chi connectivity index (χ4n) is 2.70. The normalized spacial score (nSPS) is 18.4. The number of hydrogen-bond donors (Lipinski definition) is 2. The Morgan fingerprint density at radius 2 is 2.04 bits per heavy atom. The lowest BCUT2D eigenvalue weighted by atomic mass is 9.80. The van der Waals surface area contributed by atoms with E-state index < -0.39 is 0 Å². The van der Waals surface area contributed by atoms with Crippen molar-refractivity contribution in [1.82, 2.24) is 5.32 Å². The van der Waals surface area contributed by atoms with E-state index in [9.17, 15) is 5.11 Å². The molecule has 0 bridgehead atoms. The number of halogens is 1. The fraction of sp³-hybridized carbons (Fsp3) is 0.556. The molecule has 128 valence electrons. The van der Waals surface area contributed by atoms with Crippen molar-refractivity contribution in [2.24, 2.45) is 5.41 Å². The summed E-state index contributed by atoms with van der Waals surface area (Å²) >= 11 is 5.69. The van der Waals surface area contributed by atoms with E-state index in [1.165, 1.54) is 5.56 Å². The van der Waals surface area contributed by atoms with Gasteiger partial charge in [0.2, 0.25) is 0 Å². The van der Waals surface area contributed by atoms with Gasteiger partial charge in [0.1, 0.15) is 12.4 Å². The quantitative estimate of drug-likeness (QED) is 0.763. The van der Waals surface area contributed by atoms with Crippen LogP contribution in [-0.4, -0.2) is 38.1 Å². The molecule has 0 spiro atoms. The van der Waals surface area contributed by atoms with E-state index in [-0.39, 0.29) is 18.1 Å². The van der Waals surface area contributed by atoms with E-state index in [0.717, 1.165) is 38.3 Å². The van der Waals surface area contributed by atoms with Crippen LogP contribution in [0.1, 0.15) is 31.4 Å². The third-order valence-corrected chi connectivity index (χ3v) is 4.56. The second-order valence-electron chi connectivity index (χ2n) is 6.25. The van der Waals surface area contributed by atoms with Gasteiger partial charge in [-0.25, -0.2) is 0 Å². The van der Waals surface area contributed by atoms with E-state index in [1.54, 1.807) is 0 Å². The lowest BCUT2D eigenvalue weighted by Crippen LogP contribution is -2.42. The van der Waals surface area contributed by atoms with Gasteiger partial charge in [-0.05, 0) is 37.5 Å². The molecule has 0 radical (unpaired) electrons. The van der Waals surface area contributed by atoms with Gasteiger partial charge in [-0.1, -0.05) is 30.3 Å². The maximum absolute atomic E-state index is 9.74. The number of hydrogen-bond acceptors (Lipinski definition) is 4. The van der Waals surface area contributed by atoms with E-state index in [2.05, 4.69) is 18.8 Å². The fourth-order valence-corrected chi connectivity index (χ4v) is 2.75. The van der Waals surface area contributed by atoms with Gasteiger partial charge >= 0.3 is 0 Å². The average Bonchev–Trinajstić information content (AvgIpc) is 2.59. The van der Waals surface area contributed by atoms with Gasteiger partial charge in [-0.15, -0.1) is 0 Å². The summed E-state index contributed by atoms with van der Waals surface area (Å²) in [4.78, 5) is 0. The Bertz CT molecular complexity index is 497. The summed E-state index contributed by atoms with van der Waals surface area (Å²) in [5.74, 6) is 0.777. The summed E-state index contributed by atoms with van der Waals surface area (Å²) in [6, 6.07) is 8.16. The molecule has 0 amide bonds. The van der Waals surface area contributed by atoms with Crippen LogP contribution in [0.4, 0.5) is 0 Å². The minimum atomic E-state index is -0.0593. The molecule has 4 nitrogen and oxygen atoms in total. The molecule has 23 heavy (non-hydrogen) atoms. The van der Waals surface area contributed by atoms with Gasteiger partial charge in [-0.2, -0.15) is 0 Å². The third-order valence-electron chi connectivity index (χ3n) is 4.45.